The molecule has 0 bridgehead atoms. The summed E-state index contributed by atoms with van der Waals surface area (Å²) in [6, 6.07) is 11.6. The lowest BCUT2D eigenvalue weighted by Gasteiger charge is -2.38. The van der Waals surface area contributed by atoms with Crippen LogP contribution >= 0.6 is 11.6 Å². The topological polar surface area (TPSA) is 87.2 Å². The summed E-state index contributed by atoms with van der Waals surface area (Å²) >= 11 is 6.21. The zero-order valence-electron chi connectivity index (χ0n) is 23.4. The van der Waals surface area contributed by atoms with Crippen LogP contribution in [-0.2, 0) is 27.2 Å². The fourth-order valence-corrected chi connectivity index (χ4v) is 7.62. The molecule has 3 aromatic carbocycles. The molecule has 0 aliphatic carbocycles. The summed E-state index contributed by atoms with van der Waals surface area (Å²) in [5, 5.41) is 9.16. The minimum atomic E-state index is -4.79. The quantitative estimate of drug-likeness (QED) is 0.260. The standard InChI is InChI=1S/C30H27ClF6N2O5S/c31-24-6-2-5-23(30(35,36)37)28(24)18-11-13-38(14-12-18)20-7-9-26-25(16-20)39(17-21(44-26)8-10-27(40)41)45(42,43)22-4-1-3-19(15-22)29(32,33)34/h1-7,9,15-16,18,21H,8,10-14,17H2,(H,40,41). The number of aliphatic carboxylic acids is 1. The Hall–Kier alpha value is -3.65. The highest BCUT2D eigenvalue weighted by Gasteiger charge is 2.39. The minimum absolute atomic E-state index is 0.0297. The van der Waals surface area contributed by atoms with Crippen LogP contribution in [0.15, 0.2) is 65.6 Å². The second-order valence-electron chi connectivity index (χ2n) is 10.8. The summed E-state index contributed by atoms with van der Waals surface area (Å²) in [5.74, 6) is -1.51. The van der Waals surface area contributed by atoms with Gasteiger partial charge in [-0.1, -0.05) is 23.7 Å². The molecule has 2 aliphatic rings. The Morgan fingerprint density at radius 2 is 1.64 bits per heavy atom. The summed E-state index contributed by atoms with van der Waals surface area (Å²) in [6.45, 7) is 0.278. The number of anilines is 2. The summed E-state index contributed by atoms with van der Waals surface area (Å²) in [7, 11) is -4.58. The molecule has 1 atom stereocenters. The van der Waals surface area contributed by atoms with Gasteiger partial charge in [0.15, 0.2) is 0 Å². The summed E-state index contributed by atoms with van der Waals surface area (Å²) in [5.41, 5.74) is -1.32. The van der Waals surface area contributed by atoms with Crippen LogP contribution in [0.2, 0.25) is 5.02 Å². The van der Waals surface area contributed by atoms with Crippen molar-refractivity contribution in [1.82, 2.24) is 0 Å². The fraction of sp³-hybridized carbons (Fsp3) is 0.367. The molecule has 2 heterocycles. The molecule has 3 aromatic rings. The molecule has 5 rings (SSSR count). The third-order valence-corrected chi connectivity index (χ3v) is 10.0. The van der Waals surface area contributed by atoms with E-state index in [1.165, 1.54) is 24.3 Å². The highest BCUT2D eigenvalue weighted by molar-refractivity contribution is 7.92. The van der Waals surface area contributed by atoms with Crippen LogP contribution in [0.1, 0.15) is 48.3 Å². The SMILES string of the molecule is O=C(O)CCC1CN(S(=O)(=O)c2cccc(C(F)(F)F)c2)c2cc(N3CCC(c4c(Cl)cccc4C(F)(F)F)CC3)ccc2O1. The number of carbonyl (C=O) groups is 1. The monoisotopic (exact) mass is 676 g/mol. The Kier molecular flexibility index (Phi) is 8.93. The average molecular weight is 677 g/mol. The lowest BCUT2D eigenvalue weighted by Crippen LogP contribution is -2.44. The van der Waals surface area contributed by atoms with Crippen LogP contribution in [0.3, 0.4) is 0 Å². The Morgan fingerprint density at radius 1 is 0.956 bits per heavy atom. The predicted octanol–water partition coefficient (Wildman–Crippen LogP) is 7.58. The van der Waals surface area contributed by atoms with Gasteiger partial charge in [0.1, 0.15) is 11.9 Å². The fourth-order valence-electron chi connectivity index (χ4n) is 5.75. The molecule has 242 valence electrons. The van der Waals surface area contributed by atoms with Crippen LogP contribution < -0.4 is 13.9 Å². The highest BCUT2D eigenvalue weighted by Crippen LogP contribution is 2.45. The first-order valence-corrected chi connectivity index (χ1v) is 15.7. The number of alkyl halides is 6. The van der Waals surface area contributed by atoms with Gasteiger partial charge >= 0.3 is 18.3 Å². The molecule has 1 N–H and O–H groups in total. The van der Waals surface area contributed by atoms with Gasteiger partial charge in [0.2, 0.25) is 0 Å². The number of hydrogen-bond acceptors (Lipinski definition) is 5. The third kappa shape index (κ3) is 6.96. The zero-order chi connectivity index (χ0) is 32.7. The van der Waals surface area contributed by atoms with Crippen molar-refractivity contribution in [2.24, 2.45) is 0 Å². The lowest BCUT2D eigenvalue weighted by molar-refractivity contribution is -0.139. The van der Waals surface area contributed by atoms with Gasteiger partial charge in [-0.3, -0.25) is 9.10 Å². The second kappa shape index (κ2) is 12.3. The lowest BCUT2D eigenvalue weighted by atomic mass is 9.86. The molecule has 45 heavy (non-hydrogen) atoms. The number of ether oxygens (including phenoxy) is 1. The van der Waals surface area contributed by atoms with Crippen LogP contribution in [-0.4, -0.2) is 45.2 Å². The van der Waals surface area contributed by atoms with Gasteiger partial charge < -0.3 is 14.7 Å². The number of fused-ring (bicyclic) bond motifs is 1. The highest BCUT2D eigenvalue weighted by atomic mass is 35.5. The molecule has 1 saturated heterocycles. The van der Waals surface area contributed by atoms with Crippen molar-refractivity contribution in [3.63, 3.8) is 0 Å². The Morgan fingerprint density at radius 3 is 2.29 bits per heavy atom. The largest absolute Gasteiger partial charge is 0.486 e. The number of carboxylic acids is 1. The first-order chi connectivity index (χ1) is 21.1. The van der Waals surface area contributed by atoms with Crippen molar-refractivity contribution in [2.75, 3.05) is 28.8 Å². The van der Waals surface area contributed by atoms with E-state index < -0.39 is 56.4 Å². The molecule has 2 aliphatic heterocycles. The molecule has 1 unspecified atom stereocenters. The molecule has 15 heteroatoms. The van der Waals surface area contributed by atoms with Gasteiger partial charge in [0, 0.05) is 30.2 Å². The van der Waals surface area contributed by atoms with E-state index in [4.69, 9.17) is 21.4 Å². The molecular formula is C30H27ClF6N2O5S. The van der Waals surface area contributed by atoms with E-state index in [-0.39, 0.29) is 41.4 Å². The van der Waals surface area contributed by atoms with Gasteiger partial charge in [-0.2, -0.15) is 26.3 Å². The van der Waals surface area contributed by atoms with Gasteiger partial charge in [-0.05, 0) is 79.3 Å². The van der Waals surface area contributed by atoms with E-state index in [1.807, 2.05) is 4.90 Å². The van der Waals surface area contributed by atoms with Crippen molar-refractivity contribution in [3.8, 4) is 5.75 Å². The Balaban J connectivity index is 1.45. The predicted molar refractivity (Wildman–Crippen MR) is 154 cm³/mol. The van der Waals surface area contributed by atoms with Crippen molar-refractivity contribution < 1.29 is 49.4 Å². The van der Waals surface area contributed by atoms with Crippen molar-refractivity contribution in [1.29, 1.82) is 0 Å². The number of nitrogens with zero attached hydrogens (tertiary/aromatic N) is 2. The van der Waals surface area contributed by atoms with E-state index in [0.29, 0.717) is 37.7 Å². The number of carboxylic acid groups (broad SMARTS) is 1. The number of halogens is 7. The van der Waals surface area contributed by atoms with Crippen molar-refractivity contribution in [3.05, 3.63) is 82.4 Å². The van der Waals surface area contributed by atoms with E-state index in [1.54, 1.807) is 6.07 Å². The number of piperidine rings is 1. The van der Waals surface area contributed by atoms with Gasteiger partial charge in [-0.25, -0.2) is 8.42 Å². The maximum absolute atomic E-state index is 13.8. The van der Waals surface area contributed by atoms with E-state index in [2.05, 4.69) is 0 Å². The Labute approximate surface area is 260 Å². The van der Waals surface area contributed by atoms with Crippen LogP contribution in [0.25, 0.3) is 0 Å². The van der Waals surface area contributed by atoms with E-state index >= 15 is 0 Å². The normalized spacial score (nSPS) is 18.0. The molecule has 7 nitrogen and oxygen atoms in total. The Bertz CT molecular complexity index is 1690. The minimum Gasteiger partial charge on any atom is -0.486 e. The van der Waals surface area contributed by atoms with Crippen LogP contribution in [0.4, 0.5) is 37.7 Å². The molecular weight excluding hydrogens is 650 g/mol. The number of rotatable bonds is 7. The first-order valence-electron chi connectivity index (χ1n) is 13.9. The number of hydrogen-bond donors (Lipinski definition) is 1. The third-order valence-electron chi connectivity index (χ3n) is 7.93. The van der Waals surface area contributed by atoms with E-state index in [9.17, 15) is 39.6 Å². The second-order valence-corrected chi connectivity index (χ2v) is 13.1. The smallest absolute Gasteiger partial charge is 0.416 e. The van der Waals surface area contributed by atoms with Crippen LogP contribution in [0, 0.1) is 0 Å². The molecule has 0 spiro atoms. The van der Waals surface area contributed by atoms with E-state index in [0.717, 1.165) is 28.6 Å². The molecule has 0 amide bonds. The van der Waals surface area contributed by atoms with Gasteiger partial charge in [-0.15, -0.1) is 0 Å². The average Bonchev–Trinajstić information content (AvgIpc) is 2.98. The van der Waals surface area contributed by atoms with Crippen LogP contribution in [0.5, 0.6) is 5.75 Å². The summed E-state index contributed by atoms with van der Waals surface area (Å²) in [6.07, 6.45) is -10.00. The van der Waals surface area contributed by atoms with Crippen molar-refractivity contribution >= 4 is 39.0 Å². The molecule has 1 fully saturated rings. The number of sulfonamides is 1. The molecule has 0 aromatic heterocycles. The first kappa shape index (κ1) is 32.7. The number of benzene rings is 3. The molecule has 0 radical (unpaired) electrons. The summed E-state index contributed by atoms with van der Waals surface area (Å²) in [4.78, 5) is 12.4. The zero-order valence-corrected chi connectivity index (χ0v) is 25.0. The maximum Gasteiger partial charge on any atom is 0.416 e. The maximum atomic E-state index is 13.8. The van der Waals surface area contributed by atoms with Crippen molar-refractivity contribution in [2.45, 2.75) is 55.0 Å². The summed E-state index contributed by atoms with van der Waals surface area (Å²) < 4.78 is 116. The molecule has 0 saturated carbocycles. The van der Waals surface area contributed by atoms with Gasteiger partial charge in [0.25, 0.3) is 10.0 Å². The van der Waals surface area contributed by atoms with Gasteiger partial charge in [0.05, 0.1) is 28.3 Å².